The van der Waals surface area contributed by atoms with Crippen LogP contribution in [0.3, 0.4) is 0 Å². The fourth-order valence-electron chi connectivity index (χ4n) is 3.53. The third-order valence-electron chi connectivity index (χ3n) is 5.13. The molecule has 0 aliphatic heterocycles. The van der Waals surface area contributed by atoms with Gasteiger partial charge in [-0.15, -0.1) is 0 Å². The minimum absolute atomic E-state index is 0.0242. The second-order valence-corrected chi connectivity index (χ2v) is 7.20. The lowest BCUT2D eigenvalue weighted by molar-refractivity contribution is -0.384. The molecular formula is C24H20N4O4. The van der Waals surface area contributed by atoms with Crippen molar-refractivity contribution < 1.29 is 14.5 Å². The summed E-state index contributed by atoms with van der Waals surface area (Å²) in [5, 5.41) is 15.3. The number of methoxy groups -OCH3 is 1. The average molecular weight is 428 g/mol. The smallest absolute Gasteiger partial charge is 0.338 e. The maximum absolute atomic E-state index is 12.1. The minimum Gasteiger partial charge on any atom is -0.465 e. The number of hydrogen-bond acceptors (Lipinski definition) is 7. The first-order valence-corrected chi connectivity index (χ1v) is 9.89. The number of esters is 1. The standard InChI is InChI=1S/C24H20N4O4/c1-15-11-12-25-23(22(15)28(30)31)26-14-16-7-9-20-17(13-16)8-10-21(27-20)18-5-3-4-6-19(18)24(29)32-2/h3-13H,14H2,1-2H3,(H,25,26). The lowest BCUT2D eigenvalue weighted by atomic mass is 10.0. The molecule has 0 bridgehead atoms. The first-order valence-electron chi connectivity index (χ1n) is 9.89. The SMILES string of the molecule is COC(=O)c1ccccc1-c1ccc2cc(CNc3nccc(C)c3[N+](=O)[O-])ccc2n1. The number of benzene rings is 2. The number of nitrogens with zero attached hydrogens (tertiary/aromatic N) is 3. The molecule has 8 heteroatoms. The Labute approximate surface area is 184 Å². The molecule has 2 heterocycles. The van der Waals surface area contributed by atoms with Gasteiger partial charge in [-0.05, 0) is 42.8 Å². The number of fused-ring (bicyclic) bond motifs is 1. The molecule has 0 spiro atoms. The lowest BCUT2D eigenvalue weighted by Gasteiger charge is -2.10. The molecule has 0 saturated carbocycles. The number of ether oxygens (including phenoxy) is 1. The summed E-state index contributed by atoms with van der Waals surface area (Å²) in [5.41, 5.74) is 4.05. The van der Waals surface area contributed by atoms with Gasteiger partial charge in [-0.2, -0.15) is 0 Å². The zero-order valence-electron chi connectivity index (χ0n) is 17.5. The number of nitro groups is 1. The van der Waals surface area contributed by atoms with Crippen molar-refractivity contribution in [1.29, 1.82) is 0 Å². The maximum Gasteiger partial charge on any atom is 0.338 e. The number of hydrogen-bond donors (Lipinski definition) is 1. The molecule has 0 radical (unpaired) electrons. The Balaban J connectivity index is 1.61. The van der Waals surface area contributed by atoms with Gasteiger partial charge in [-0.1, -0.05) is 30.3 Å². The van der Waals surface area contributed by atoms with Crippen LogP contribution in [0, 0.1) is 17.0 Å². The maximum atomic E-state index is 12.1. The number of pyridine rings is 2. The zero-order valence-corrected chi connectivity index (χ0v) is 17.5. The van der Waals surface area contributed by atoms with Crippen LogP contribution >= 0.6 is 0 Å². The van der Waals surface area contributed by atoms with E-state index in [9.17, 15) is 14.9 Å². The molecular weight excluding hydrogens is 408 g/mol. The van der Waals surface area contributed by atoms with Crippen LogP contribution in [-0.4, -0.2) is 28.0 Å². The van der Waals surface area contributed by atoms with E-state index in [2.05, 4.69) is 10.3 Å². The quantitative estimate of drug-likeness (QED) is 0.264. The minimum atomic E-state index is -0.428. The third kappa shape index (κ3) is 4.11. The summed E-state index contributed by atoms with van der Waals surface area (Å²) in [6, 6.07) is 18.3. The van der Waals surface area contributed by atoms with E-state index in [0.29, 0.717) is 28.9 Å². The van der Waals surface area contributed by atoms with E-state index in [0.717, 1.165) is 16.5 Å². The molecule has 0 unspecified atom stereocenters. The fraction of sp³-hybridized carbons (Fsp3) is 0.125. The Bertz CT molecular complexity index is 1340. The molecule has 0 saturated heterocycles. The van der Waals surface area contributed by atoms with E-state index in [4.69, 9.17) is 9.72 Å². The number of carbonyl (C=O) groups excluding carboxylic acids is 1. The number of rotatable bonds is 6. The van der Waals surface area contributed by atoms with Gasteiger partial charge in [0.15, 0.2) is 0 Å². The Morgan fingerprint density at radius 3 is 2.72 bits per heavy atom. The Kier molecular flexibility index (Phi) is 5.76. The van der Waals surface area contributed by atoms with Crippen LogP contribution < -0.4 is 5.32 Å². The molecule has 1 N–H and O–H groups in total. The van der Waals surface area contributed by atoms with Crippen molar-refractivity contribution in [1.82, 2.24) is 9.97 Å². The lowest BCUT2D eigenvalue weighted by Crippen LogP contribution is -2.06. The van der Waals surface area contributed by atoms with E-state index in [1.165, 1.54) is 7.11 Å². The predicted octanol–water partition coefficient (Wildman–Crippen LogP) is 4.91. The van der Waals surface area contributed by atoms with Crippen LogP contribution in [0.15, 0.2) is 66.9 Å². The van der Waals surface area contributed by atoms with Gasteiger partial charge < -0.3 is 10.1 Å². The van der Waals surface area contributed by atoms with Gasteiger partial charge in [0.25, 0.3) is 0 Å². The second kappa shape index (κ2) is 8.81. The monoisotopic (exact) mass is 428 g/mol. The summed E-state index contributed by atoms with van der Waals surface area (Å²) in [6.07, 6.45) is 1.54. The Morgan fingerprint density at radius 2 is 1.94 bits per heavy atom. The van der Waals surface area contributed by atoms with Gasteiger partial charge in [-0.25, -0.2) is 14.8 Å². The van der Waals surface area contributed by atoms with Gasteiger partial charge >= 0.3 is 11.7 Å². The summed E-state index contributed by atoms with van der Waals surface area (Å²) < 4.78 is 4.87. The summed E-state index contributed by atoms with van der Waals surface area (Å²) in [4.78, 5) is 31.8. The molecule has 160 valence electrons. The summed E-state index contributed by atoms with van der Waals surface area (Å²) in [5.74, 6) is -0.175. The molecule has 0 atom stereocenters. The van der Waals surface area contributed by atoms with Crippen LogP contribution in [0.1, 0.15) is 21.5 Å². The van der Waals surface area contributed by atoms with E-state index in [1.807, 2.05) is 42.5 Å². The molecule has 2 aromatic carbocycles. The van der Waals surface area contributed by atoms with Crippen LogP contribution in [0.4, 0.5) is 11.5 Å². The summed E-state index contributed by atoms with van der Waals surface area (Å²) in [7, 11) is 1.35. The van der Waals surface area contributed by atoms with Crippen LogP contribution in [-0.2, 0) is 11.3 Å². The molecule has 0 amide bonds. The topological polar surface area (TPSA) is 107 Å². The van der Waals surface area contributed by atoms with Gasteiger partial charge in [-0.3, -0.25) is 10.1 Å². The van der Waals surface area contributed by atoms with E-state index >= 15 is 0 Å². The first kappa shape index (κ1) is 20.9. The normalized spacial score (nSPS) is 10.7. The van der Waals surface area contributed by atoms with Crippen LogP contribution in [0.25, 0.3) is 22.2 Å². The molecule has 4 rings (SSSR count). The largest absolute Gasteiger partial charge is 0.465 e. The van der Waals surface area contributed by atoms with E-state index in [-0.39, 0.29) is 11.5 Å². The number of carbonyl (C=O) groups is 1. The summed E-state index contributed by atoms with van der Waals surface area (Å²) >= 11 is 0. The number of aromatic nitrogens is 2. The van der Waals surface area contributed by atoms with Crippen molar-refractivity contribution >= 4 is 28.4 Å². The van der Waals surface area contributed by atoms with Gasteiger partial charge in [0.05, 0.1) is 28.8 Å². The number of anilines is 1. The van der Waals surface area contributed by atoms with Crippen molar-refractivity contribution in [2.75, 3.05) is 12.4 Å². The third-order valence-corrected chi connectivity index (χ3v) is 5.13. The van der Waals surface area contributed by atoms with Crippen molar-refractivity contribution in [3.63, 3.8) is 0 Å². The predicted molar refractivity (Wildman–Crippen MR) is 121 cm³/mol. The molecule has 4 aromatic rings. The average Bonchev–Trinajstić information content (AvgIpc) is 2.81. The summed E-state index contributed by atoms with van der Waals surface area (Å²) in [6.45, 7) is 2.06. The van der Waals surface area contributed by atoms with Gasteiger partial charge in [0.1, 0.15) is 0 Å². The molecule has 8 nitrogen and oxygen atoms in total. The van der Waals surface area contributed by atoms with Crippen molar-refractivity contribution in [2.24, 2.45) is 0 Å². The highest BCUT2D eigenvalue weighted by molar-refractivity contribution is 5.97. The van der Waals surface area contributed by atoms with Crippen molar-refractivity contribution in [3.8, 4) is 11.3 Å². The number of nitrogens with one attached hydrogen (secondary N) is 1. The molecule has 0 aliphatic carbocycles. The second-order valence-electron chi connectivity index (χ2n) is 7.20. The van der Waals surface area contributed by atoms with Crippen LogP contribution in [0.5, 0.6) is 0 Å². The molecule has 32 heavy (non-hydrogen) atoms. The fourth-order valence-corrected chi connectivity index (χ4v) is 3.53. The molecule has 0 aliphatic rings. The highest BCUT2D eigenvalue weighted by Crippen LogP contribution is 2.27. The van der Waals surface area contributed by atoms with E-state index < -0.39 is 10.9 Å². The van der Waals surface area contributed by atoms with Crippen molar-refractivity contribution in [2.45, 2.75) is 13.5 Å². The highest BCUT2D eigenvalue weighted by Gasteiger charge is 2.18. The first-order chi connectivity index (χ1) is 15.5. The highest BCUT2D eigenvalue weighted by atomic mass is 16.6. The number of aryl methyl sites for hydroxylation is 1. The van der Waals surface area contributed by atoms with Crippen LogP contribution in [0.2, 0.25) is 0 Å². The van der Waals surface area contributed by atoms with E-state index in [1.54, 1.807) is 31.3 Å². The molecule has 2 aromatic heterocycles. The molecule has 0 fully saturated rings. The zero-order chi connectivity index (χ0) is 22.7. The van der Waals surface area contributed by atoms with Gasteiger partial charge in [0.2, 0.25) is 5.82 Å². The van der Waals surface area contributed by atoms with Crippen molar-refractivity contribution in [3.05, 3.63) is 93.7 Å². The van der Waals surface area contributed by atoms with Gasteiger partial charge in [0, 0.05) is 29.3 Å². The Morgan fingerprint density at radius 1 is 1.12 bits per heavy atom. The Hall–Kier alpha value is -4.33.